The molecule has 2 heteroatoms. The van der Waals surface area contributed by atoms with Crippen molar-refractivity contribution in [3.63, 3.8) is 0 Å². The molecule has 0 N–H and O–H groups in total. The van der Waals surface area contributed by atoms with Crippen molar-refractivity contribution < 1.29 is 9.53 Å². The zero-order valence-corrected chi connectivity index (χ0v) is 18.7. The lowest BCUT2D eigenvalue weighted by molar-refractivity contribution is -0.150. The highest BCUT2D eigenvalue weighted by molar-refractivity contribution is 5.69. The molecule has 3 fully saturated rings. The Hall–Kier alpha value is -0.530. The molecule has 28 heavy (non-hydrogen) atoms. The van der Waals surface area contributed by atoms with Crippen LogP contribution in [-0.4, -0.2) is 12.1 Å². The highest BCUT2D eigenvalue weighted by atomic mass is 16.5. The summed E-state index contributed by atoms with van der Waals surface area (Å²) in [5.41, 5.74) is 0.550. The van der Waals surface area contributed by atoms with Crippen LogP contribution in [0.25, 0.3) is 0 Å². The van der Waals surface area contributed by atoms with E-state index >= 15 is 0 Å². The third-order valence-corrected chi connectivity index (χ3v) is 8.44. The second kappa shape index (κ2) is 11.6. The van der Waals surface area contributed by atoms with Gasteiger partial charge in [-0.1, -0.05) is 51.9 Å². The first-order valence-corrected chi connectivity index (χ1v) is 12.9. The van der Waals surface area contributed by atoms with Gasteiger partial charge in [0.15, 0.2) is 0 Å². The summed E-state index contributed by atoms with van der Waals surface area (Å²) in [7, 11) is 0. The van der Waals surface area contributed by atoms with Crippen LogP contribution in [0.3, 0.4) is 0 Å². The van der Waals surface area contributed by atoms with Gasteiger partial charge in [0, 0.05) is 6.42 Å². The Bertz CT molecular complexity index is 437. The van der Waals surface area contributed by atoms with E-state index in [1.165, 1.54) is 103 Å². The van der Waals surface area contributed by atoms with Gasteiger partial charge in [-0.2, -0.15) is 0 Å². The molecule has 2 nitrogen and oxygen atoms in total. The van der Waals surface area contributed by atoms with Gasteiger partial charge >= 0.3 is 5.97 Å². The first kappa shape index (κ1) is 22.2. The molecule has 0 aromatic carbocycles. The molecule has 0 amide bonds. The molecule has 3 aliphatic rings. The van der Waals surface area contributed by atoms with Crippen molar-refractivity contribution in [2.45, 2.75) is 141 Å². The number of esters is 1. The van der Waals surface area contributed by atoms with E-state index in [0.717, 1.165) is 31.1 Å². The van der Waals surface area contributed by atoms with Crippen LogP contribution >= 0.6 is 0 Å². The third kappa shape index (κ3) is 6.49. The summed E-state index contributed by atoms with van der Waals surface area (Å²) in [4.78, 5) is 12.4. The smallest absolute Gasteiger partial charge is 0.306 e. The minimum absolute atomic E-state index is 0.0855. The van der Waals surface area contributed by atoms with E-state index in [2.05, 4.69) is 6.92 Å². The molecule has 0 bridgehead atoms. The maximum Gasteiger partial charge on any atom is 0.306 e. The largest absolute Gasteiger partial charge is 0.462 e. The fourth-order valence-electron chi connectivity index (χ4n) is 6.62. The normalized spacial score (nSPS) is 30.2. The van der Waals surface area contributed by atoms with Crippen molar-refractivity contribution in [1.29, 1.82) is 0 Å². The number of ether oxygens (including phenoxy) is 1. The Morgan fingerprint density at radius 2 is 1.50 bits per heavy atom. The number of hydrogen-bond donors (Lipinski definition) is 0. The number of unbranched alkanes of at least 4 members (excludes halogenated alkanes) is 1. The monoisotopic (exact) mass is 390 g/mol. The van der Waals surface area contributed by atoms with Gasteiger partial charge in [-0.05, 0) is 94.3 Å². The van der Waals surface area contributed by atoms with Gasteiger partial charge in [0.1, 0.15) is 6.10 Å². The molecule has 0 heterocycles. The summed E-state index contributed by atoms with van der Waals surface area (Å²) in [5, 5.41) is 0. The Morgan fingerprint density at radius 1 is 0.857 bits per heavy atom. The summed E-state index contributed by atoms with van der Waals surface area (Å²) < 4.78 is 5.78. The number of carbonyl (C=O) groups excluding carboxylic acids is 1. The minimum atomic E-state index is 0.0855. The van der Waals surface area contributed by atoms with Gasteiger partial charge in [-0.3, -0.25) is 4.79 Å². The Labute approximate surface area is 174 Å². The van der Waals surface area contributed by atoms with Gasteiger partial charge in [-0.15, -0.1) is 0 Å². The molecule has 0 aromatic rings. The summed E-state index contributed by atoms with van der Waals surface area (Å²) in [6.07, 6.45) is 26.4. The molecular formula is C26H46O2. The molecule has 162 valence electrons. The molecule has 3 aliphatic carbocycles. The van der Waals surface area contributed by atoms with Crippen molar-refractivity contribution in [1.82, 2.24) is 0 Å². The predicted molar refractivity (Wildman–Crippen MR) is 117 cm³/mol. The molecule has 0 spiro atoms. The van der Waals surface area contributed by atoms with E-state index in [9.17, 15) is 4.79 Å². The molecule has 0 aromatic heterocycles. The number of rotatable bonds is 9. The first-order chi connectivity index (χ1) is 13.7. The second-order valence-corrected chi connectivity index (χ2v) is 10.4. The van der Waals surface area contributed by atoms with Crippen LogP contribution in [0.5, 0.6) is 0 Å². The summed E-state index contributed by atoms with van der Waals surface area (Å²) in [6, 6.07) is 0. The van der Waals surface area contributed by atoms with Gasteiger partial charge in [0.25, 0.3) is 0 Å². The fourth-order valence-corrected chi connectivity index (χ4v) is 6.62. The Morgan fingerprint density at radius 3 is 2.14 bits per heavy atom. The van der Waals surface area contributed by atoms with Crippen LogP contribution in [-0.2, 0) is 9.53 Å². The third-order valence-electron chi connectivity index (χ3n) is 8.44. The zero-order valence-electron chi connectivity index (χ0n) is 18.7. The lowest BCUT2D eigenvalue weighted by Gasteiger charge is -2.47. The average molecular weight is 391 g/mol. The van der Waals surface area contributed by atoms with Crippen LogP contribution in [0.15, 0.2) is 0 Å². The van der Waals surface area contributed by atoms with Crippen LogP contribution < -0.4 is 0 Å². The Kier molecular flexibility index (Phi) is 9.18. The lowest BCUT2D eigenvalue weighted by atomic mass is 9.58. The quantitative estimate of drug-likeness (QED) is 0.373. The highest BCUT2D eigenvalue weighted by Crippen LogP contribution is 2.53. The van der Waals surface area contributed by atoms with Crippen molar-refractivity contribution in [2.24, 2.45) is 17.3 Å². The lowest BCUT2D eigenvalue weighted by Crippen LogP contribution is -2.36. The van der Waals surface area contributed by atoms with E-state index in [1.807, 2.05) is 0 Å². The maximum atomic E-state index is 12.4. The average Bonchev–Trinajstić information content (AvgIpc) is 2.74. The van der Waals surface area contributed by atoms with E-state index in [-0.39, 0.29) is 12.1 Å². The van der Waals surface area contributed by atoms with Crippen molar-refractivity contribution in [2.75, 3.05) is 0 Å². The summed E-state index contributed by atoms with van der Waals surface area (Å²) in [5.74, 6) is 2.00. The van der Waals surface area contributed by atoms with Gasteiger partial charge in [0.05, 0.1) is 0 Å². The topological polar surface area (TPSA) is 26.3 Å². The van der Waals surface area contributed by atoms with Gasteiger partial charge < -0.3 is 4.74 Å². The molecule has 0 radical (unpaired) electrons. The van der Waals surface area contributed by atoms with Crippen LogP contribution in [0.4, 0.5) is 0 Å². The van der Waals surface area contributed by atoms with Gasteiger partial charge in [0.2, 0.25) is 0 Å². The molecule has 0 unspecified atom stereocenters. The highest BCUT2D eigenvalue weighted by Gasteiger charge is 2.41. The zero-order chi connectivity index (χ0) is 19.7. The number of carbonyl (C=O) groups is 1. The van der Waals surface area contributed by atoms with E-state index in [0.29, 0.717) is 11.8 Å². The number of hydrogen-bond acceptors (Lipinski definition) is 2. The summed E-state index contributed by atoms with van der Waals surface area (Å²) in [6.45, 7) is 2.32. The SMILES string of the molecule is CCCC[C@H]1CC[C@@](CCCC(=O)OC2CCCCC2)(C2CCCCC2)CC1. The van der Waals surface area contributed by atoms with E-state index < -0.39 is 0 Å². The van der Waals surface area contributed by atoms with Crippen LogP contribution in [0.1, 0.15) is 135 Å². The van der Waals surface area contributed by atoms with E-state index in [4.69, 9.17) is 4.74 Å². The maximum absolute atomic E-state index is 12.4. The molecule has 0 atom stereocenters. The molecule has 3 rings (SSSR count). The predicted octanol–water partition coefficient (Wildman–Crippen LogP) is 7.98. The summed E-state index contributed by atoms with van der Waals surface area (Å²) >= 11 is 0. The fraction of sp³-hybridized carbons (Fsp3) is 0.962. The molecular weight excluding hydrogens is 344 g/mol. The van der Waals surface area contributed by atoms with Crippen LogP contribution in [0.2, 0.25) is 0 Å². The van der Waals surface area contributed by atoms with Crippen molar-refractivity contribution >= 4 is 5.97 Å². The van der Waals surface area contributed by atoms with Crippen molar-refractivity contribution in [3.8, 4) is 0 Å². The molecule has 0 saturated heterocycles. The first-order valence-electron chi connectivity index (χ1n) is 12.9. The Balaban J connectivity index is 1.47. The van der Waals surface area contributed by atoms with Gasteiger partial charge in [-0.25, -0.2) is 0 Å². The second-order valence-electron chi connectivity index (χ2n) is 10.4. The van der Waals surface area contributed by atoms with Crippen molar-refractivity contribution in [3.05, 3.63) is 0 Å². The minimum Gasteiger partial charge on any atom is -0.462 e. The molecule has 3 saturated carbocycles. The van der Waals surface area contributed by atoms with Crippen LogP contribution in [0, 0.1) is 17.3 Å². The van der Waals surface area contributed by atoms with E-state index in [1.54, 1.807) is 0 Å². The molecule has 0 aliphatic heterocycles. The standard InChI is InChI=1S/C26H46O2/c1-2-3-11-22-17-20-26(21-18-22,23-12-6-4-7-13-23)19-10-16-25(27)28-24-14-8-5-9-15-24/h22-24H,2-21H2,1H3/t22-,26+.